The average Bonchev–Trinajstić information content (AvgIpc) is 2.67. The van der Waals surface area contributed by atoms with Crippen LogP contribution in [0.2, 0.25) is 0 Å². The third-order valence-electron chi connectivity index (χ3n) is 2.93. The van der Waals surface area contributed by atoms with Gasteiger partial charge in [0.2, 0.25) is 0 Å². The van der Waals surface area contributed by atoms with Gasteiger partial charge in [0.25, 0.3) is 5.56 Å². The van der Waals surface area contributed by atoms with Crippen LogP contribution in [0.25, 0.3) is 0 Å². The van der Waals surface area contributed by atoms with Gasteiger partial charge in [0, 0.05) is 6.20 Å². The lowest BCUT2D eigenvalue weighted by molar-refractivity contribution is -0.0233. The summed E-state index contributed by atoms with van der Waals surface area (Å²) in [5.41, 5.74) is -1.92. The summed E-state index contributed by atoms with van der Waals surface area (Å²) in [6.45, 7) is -0.537. The molecular formula is C10H11N3O6. The highest BCUT2D eigenvalue weighted by atomic mass is 16.6. The van der Waals surface area contributed by atoms with Crippen LogP contribution in [0.3, 0.4) is 0 Å². The number of nitrogens with zero attached hydrogens (tertiary/aromatic N) is 2. The number of aliphatic hydroxyl groups is 3. The van der Waals surface area contributed by atoms with E-state index in [1.165, 1.54) is 6.19 Å². The van der Waals surface area contributed by atoms with Crippen molar-refractivity contribution in [1.82, 2.24) is 9.55 Å². The summed E-state index contributed by atoms with van der Waals surface area (Å²) in [5.74, 6) is 0. The molecule has 4 atom stereocenters. The van der Waals surface area contributed by atoms with Crippen LogP contribution in [0.5, 0.6) is 0 Å². The molecule has 0 aliphatic carbocycles. The molecule has 1 aliphatic heterocycles. The second-order valence-corrected chi connectivity index (χ2v) is 4.07. The summed E-state index contributed by atoms with van der Waals surface area (Å²) < 4.78 is 5.71. The molecule has 1 aromatic rings. The van der Waals surface area contributed by atoms with E-state index in [0.29, 0.717) is 4.57 Å². The normalized spacial score (nSPS) is 30.2. The lowest BCUT2D eigenvalue weighted by Crippen LogP contribution is -2.35. The molecule has 1 aromatic heterocycles. The third kappa shape index (κ3) is 2.18. The predicted molar refractivity (Wildman–Crippen MR) is 59.0 cm³/mol. The molecule has 9 heteroatoms. The molecule has 2 heterocycles. The number of aromatic nitrogens is 2. The molecule has 0 bridgehead atoms. The Bertz CT molecular complexity index is 629. The van der Waals surface area contributed by atoms with Crippen molar-refractivity contribution >= 4 is 0 Å². The number of rotatable bonds is 2. The van der Waals surface area contributed by atoms with E-state index in [0.717, 1.165) is 6.20 Å². The van der Waals surface area contributed by atoms with Gasteiger partial charge in [0.15, 0.2) is 6.19 Å². The molecule has 0 radical (unpaired) electrons. The topological polar surface area (TPSA) is 149 Å². The first-order valence-corrected chi connectivity index (χ1v) is 5.38. The number of aliphatic hydroxyl groups excluding tert-OH is 3. The van der Waals surface area contributed by atoms with E-state index < -0.39 is 42.3 Å². The van der Waals surface area contributed by atoms with Crippen molar-refractivity contribution in [2.75, 3.05) is 6.61 Å². The molecule has 1 aliphatic rings. The number of H-pyrrole nitrogens is 1. The molecule has 0 spiro atoms. The van der Waals surface area contributed by atoms with Gasteiger partial charge in [0.1, 0.15) is 24.4 Å². The number of nitriles is 1. The quantitative estimate of drug-likeness (QED) is 0.447. The Kier molecular flexibility index (Phi) is 3.50. The summed E-state index contributed by atoms with van der Waals surface area (Å²) in [5, 5.41) is 37.0. The van der Waals surface area contributed by atoms with E-state index in [-0.39, 0.29) is 5.56 Å². The second kappa shape index (κ2) is 4.94. The van der Waals surface area contributed by atoms with E-state index in [9.17, 15) is 19.8 Å². The summed E-state index contributed by atoms with van der Waals surface area (Å²) in [7, 11) is 0. The monoisotopic (exact) mass is 269 g/mol. The summed E-state index contributed by atoms with van der Waals surface area (Å²) in [6, 6.07) is 0. The van der Waals surface area contributed by atoms with E-state index in [1.807, 2.05) is 4.98 Å². The molecule has 0 aromatic carbocycles. The maximum absolute atomic E-state index is 11.6. The van der Waals surface area contributed by atoms with Gasteiger partial charge < -0.3 is 20.1 Å². The Labute approximate surface area is 105 Å². The van der Waals surface area contributed by atoms with Crippen molar-refractivity contribution in [3.05, 3.63) is 32.6 Å². The Morgan fingerprint density at radius 2 is 2.11 bits per heavy atom. The van der Waals surface area contributed by atoms with Crippen LogP contribution in [0, 0.1) is 11.5 Å². The van der Waals surface area contributed by atoms with Crippen LogP contribution >= 0.6 is 0 Å². The molecule has 1 saturated heterocycles. The zero-order chi connectivity index (χ0) is 14.2. The largest absolute Gasteiger partial charge is 0.394 e. The van der Waals surface area contributed by atoms with Crippen molar-refractivity contribution < 1.29 is 20.1 Å². The minimum Gasteiger partial charge on any atom is -0.394 e. The second-order valence-electron chi connectivity index (χ2n) is 4.07. The Morgan fingerprint density at radius 1 is 1.42 bits per heavy atom. The molecule has 2 rings (SSSR count). The van der Waals surface area contributed by atoms with E-state index in [2.05, 4.69) is 0 Å². The number of ether oxygens (including phenoxy) is 1. The zero-order valence-electron chi connectivity index (χ0n) is 9.55. The first kappa shape index (κ1) is 13.4. The van der Waals surface area contributed by atoms with Gasteiger partial charge in [-0.25, -0.2) is 9.36 Å². The SMILES string of the molecule is N#Cn1cc([C@@H]2O[C@H](CO)C(O)C2O)c(=O)[nH]c1=O. The number of nitrogens with one attached hydrogen (secondary N) is 1. The first-order chi connectivity index (χ1) is 8.99. The van der Waals surface area contributed by atoms with E-state index >= 15 is 0 Å². The lowest BCUT2D eigenvalue weighted by atomic mass is 10.0. The summed E-state index contributed by atoms with van der Waals surface area (Å²) in [6.07, 6.45) is -2.62. The molecular weight excluding hydrogens is 258 g/mol. The van der Waals surface area contributed by atoms with Crippen molar-refractivity contribution in [3.8, 4) is 6.19 Å². The molecule has 0 saturated carbocycles. The van der Waals surface area contributed by atoms with Crippen LogP contribution in [0.4, 0.5) is 0 Å². The van der Waals surface area contributed by atoms with Crippen molar-refractivity contribution in [3.63, 3.8) is 0 Å². The summed E-state index contributed by atoms with van der Waals surface area (Å²) >= 11 is 0. The van der Waals surface area contributed by atoms with Gasteiger partial charge in [-0.15, -0.1) is 0 Å². The van der Waals surface area contributed by atoms with Crippen molar-refractivity contribution in [1.29, 1.82) is 5.26 Å². The molecule has 4 N–H and O–H groups in total. The van der Waals surface area contributed by atoms with Crippen molar-refractivity contribution in [2.45, 2.75) is 24.4 Å². The molecule has 9 nitrogen and oxygen atoms in total. The number of aromatic amines is 1. The van der Waals surface area contributed by atoms with E-state index in [1.54, 1.807) is 0 Å². The Balaban J connectivity index is 2.46. The van der Waals surface area contributed by atoms with Crippen LogP contribution in [0.15, 0.2) is 15.8 Å². The predicted octanol–water partition coefficient (Wildman–Crippen LogP) is -2.98. The maximum Gasteiger partial charge on any atom is 0.341 e. The van der Waals surface area contributed by atoms with Gasteiger partial charge in [-0.05, 0) is 0 Å². The molecule has 102 valence electrons. The fraction of sp³-hybridized carbons (Fsp3) is 0.500. The molecule has 2 unspecified atom stereocenters. The van der Waals surface area contributed by atoms with Gasteiger partial charge in [0.05, 0.1) is 12.2 Å². The highest BCUT2D eigenvalue weighted by Gasteiger charge is 2.44. The van der Waals surface area contributed by atoms with Crippen LogP contribution in [0.1, 0.15) is 11.7 Å². The van der Waals surface area contributed by atoms with Crippen LogP contribution < -0.4 is 11.2 Å². The van der Waals surface area contributed by atoms with E-state index in [4.69, 9.17) is 15.1 Å². The molecule has 0 amide bonds. The fourth-order valence-electron chi connectivity index (χ4n) is 1.92. The molecule has 19 heavy (non-hydrogen) atoms. The zero-order valence-corrected chi connectivity index (χ0v) is 9.55. The van der Waals surface area contributed by atoms with Gasteiger partial charge in [-0.3, -0.25) is 9.78 Å². The highest BCUT2D eigenvalue weighted by Crippen LogP contribution is 2.31. The van der Waals surface area contributed by atoms with Gasteiger partial charge in [-0.2, -0.15) is 5.26 Å². The van der Waals surface area contributed by atoms with Crippen LogP contribution in [-0.4, -0.2) is 49.8 Å². The maximum atomic E-state index is 11.6. The Morgan fingerprint density at radius 3 is 2.63 bits per heavy atom. The standard InChI is InChI=1S/C10H11N3O6/c11-3-13-1-4(9(17)12-10(13)18)8-7(16)6(15)5(2-14)19-8/h1,5-8,14-16H,2H2,(H,12,17,18)/t5-,6?,7?,8+/m1/s1. The fourth-order valence-corrected chi connectivity index (χ4v) is 1.92. The smallest absolute Gasteiger partial charge is 0.341 e. The summed E-state index contributed by atoms with van der Waals surface area (Å²) in [4.78, 5) is 24.7. The third-order valence-corrected chi connectivity index (χ3v) is 2.93. The molecule has 1 fully saturated rings. The van der Waals surface area contributed by atoms with Crippen LogP contribution in [-0.2, 0) is 4.74 Å². The highest BCUT2D eigenvalue weighted by molar-refractivity contribution is 5.15. The average molecular weight is 269 g/mol. The first-order valence-electron chi connectivity index (χ1n) is 5.38. The Hall–Kier alpha value is -1.99. The number of hydrogen-bond acceptors (Lipinski definition) is 7. The minimum atomic E-state index is -1.44. The number of hydrogen-bond donors (Lipinski definition) is 4. The lowest BCUT2D eigenvalue weighted by Gasteiger charge is -2.13. The minimum absolute atomic E-state index is 0.177. The van der Waals surface area contributed by atoms with Gasteiger partial charge >= 0.3 is 5.69 Å². The van der Waals surface area contributed by atoms with Gasteiger partial charge in [-0.1, -0.05) is 0 Å². The van der Waals surface area contributed by atoms with Crippen molar-refractivity contribution in [2.24, 2.45) is 0 Å².